The average Bonchev–Trinajstić information content (AvgIpc) is 2.97. The lowest BCUT2D eigenvalue weighted by molar-refractivity contribution is 0.579. The lowest BCUT2D eigenvalue weighted by Gasteiger charge is -2.12. The first-order valence-corrected chi connectivity index (χ1v) is 7.78. The number of benzene rings is 1. The minimum absolute atomic E-state index is 0.0739. The molecule has 7 nitrogen and oxygen atoms in total. The Kier molecular flexibility index (Phi) is 4.70. The maximum absolute atomic E-state index is 12.3. The second kappa shape index (κ2) is 6.49. The van der Waals surface area contributed by atoms with Crippen LogP contribution in [-0.2, 0) is 16.6 Å². The summed E-state index contributed by atoms with van der Waals surface area (Å²) < 4.78 is 27.1. The van der Waals surface area contributed by atoms with Crippen LogP contribution in [0.15, 0.2) is 35.5 Å². The first-order valence-electron chi connectivity index (χ1n) is 6.30. The van der Waals surface area contributed by atoms with Crippen LogP contribution in [0.3, 0.4) is 0 Å². The average molecular weight is 295 g/mol. The fraction of sp³-hybridized carbons (Fsp3) is 0.333. The van der Waals surface area contributed by atoms with E-state index in [9.17, 15) is 8.42 Å². The van der Waals surface area contributed by atoms with Crippen LogP contribution in [0.4, 0.5) is 5.69 Å². The number of H-pyrrole nitrogens is 1. The van der Waals surface area contributed by atoms with Crippen molar-refractivity contribution in [3.63, 3.8) is 0 Å². The molecule has 1 heterocycles. The molecule has 2 rings (SSSR count). The fourth-order valence-electron chi connectivity index (χ4n) is 1.66. The zero-order valence-electron chi connectivity index (χ0n) is 11.1. The van der Waals surface area contributed by atoms with Crippen LogP contribution < -0.4 is 10.0 Å². The zero-order valence-corrected chi connectivity index (χ0v) is 11.9. The van der Waals surface area contributed by atoms with Gasteiger partial charge in [0, 0.05) is 6.54 Å². The van der Waals surface area contributed by atoms with Crippen molar-refractivity contribution < 1.29 is 8.42 Å². The molecule has 0 saturated heterocycles. The van der Waals surface area contributed by atoms with Gasteiger partial charge in [0.2, 0.25) is 10.0 Å². The number of aromatic amines is 1. The Morgan fingerprint density at radius 1 is 1.30 bits per heavy atom. The van der Waals surface area contributed by atoms with Crippen LogP contribution >= 0.6 is 0 Å². The highest BCUT2D eigenvalue weighted by Crippen LogP contribution is 2.20. The third-order valence-electron chi connectivity index (χ3n) is 2.64. The Morgan fingerprint density at radius 2 is 2.10 bits per heavy atom. The van der Waals surface area contributed by atoms with Gasteiger partial charge in [-0.2, -0.15) is 5.10 Å². The summed E-state index contributed by atoms with van der Waals surface area (Å²) in [5.41, 5.74) is 0.597. The summed E-state index contributed by atoms with van der Waals surface area (Å²) in [6, 6.07) is 6.81. The van der Waals surface area contributed by atoms with Gasteiger partial charge in [-0.3, -0.25) is 5.10 Å². The zero-order chi connectivity index (χ0) is 14.4. The van der Waals surface area contributed by atoms with Crippen LogP contribution in [0.2, 0.25) is 0 Å². The molecule has 20 heavy (non-hydrogen) atoms. The van der Waals surface area contributed by atoms with Crippen LogP contribution in [-0.4, -0.2) is 30.1 Å². The number of hydrogen-bond acceptors (Lipinski definition) is 5. The minimum atomic E-state index is -3.60. The maximum Gasteiger partial charge on any atom is 0.243 e. The Balaban J connectivity index is 2.16. The van der Waals surface area contributed by atoms with E-state index < -0.39 is 10.0 Å². The Hall–Kier alpha value is -1.93. The molecule has 0 saturated carbocycles. The number of sulfonamides is 1. The highest BCUT2D eigenvalue weighted by Gasteiger charge is 2.18. The molecule has 0 amide bonds. The van der Waals surface area contributed by atoms with E-state index in [0.717, 1.165) is 6.42 Å². The number of aromatic nitrogens is 3. The van der Waals surface area contributed by atoms with Crippen LogP contribution in [0.1, 0.15) is 19.2 Å². The summed E-state index contributed by atoms with van der Waals surface area (Å²) in [7, 11) is -3.60. The number of nitrogens with one attached hydrogen (secondary N) is 3. The number of para-hydroxylation sites is 1. The minimum Gasteiger partial charge on any atom is -0.384 e. The summed E-state index contributed by atoms with van der Waals surface area (Å²) in [6.45, 7) is 2.81. The van der Waals surface area contributed by atoms with Gasteiger partial charge in [0.05, 0.1) is 12.2 Å². The van der Waals surface area contributed by atoms with Crippen molar-refractivity contribution in [2.75, 3.05) is 11.9 Å². The van der Waals surface area contributed by atoms with Crippen molar-refractivity contribution in [1.29, 1.82) is 0 Å². The first-order chi connectivity index (χ1) is 9.63. The molecule has 0 aliphatic carbocycles. The van der Waals surface area contributed by atoms with E-state index in [1.165, 1.54) is 6.33 Å². The van der Waals surface area contributed by atoms with Crippen molar-refractivity contribution in [3.8, 4) is 0 Å². The molecule has 0 atom stereocenters. The molecule has 0 spiro atoms. The topological polar surface area (TPSA) is 99.8 Å². The predicted octanol–water partition coefficient (Wildman–Crippen LogP) is 1.11. The molecule has 0 aliphatic heterocycles. The Morgan fingerprint density at radius 3 is 2.80 bits per heavy atom. The summed E-state index contributed by atoms with van der Waals surface area (Å²) in [6.07, 6.45) is 2.25. The molecular weight excluding hydrogens is 278 g/mol. The lowest BCUT2D eigenvalue weighted by atomic mass is 10.3. The molecule has 0 fully saturated rings. The number of nitrogens with zero attached hydrogens (tertiary/aromatic N) is 2. The Bertz CT molecular complexity index is 640. The van der Waals surface area contributed by atoms with E-state index in [2.05, 4.69) is 25.2 Å². The monoisotopic (exact) mass is 295 g/mol. The van der Waals surface area contributed by atoms with Crippen molar-refractivity contribution in [2.45, 2.75) is 24.8 Å². The fourth-order valence-corrected chi connectivity index (χ4v) is 2.83. The molecule has 108 valence electrons. The van der Waals surface area contributed by atoms with Gasteiger partial charge >= 0.3 is 0 Å². The van der Waals surface area contributed by atoms with E-state index in [1.807, 2.05) is 6.92 Å². The van der Waals surface area contributed by atoms with Crippen molar-refractivity contribution >= 4 is 15.7 Å². The Labute approximate surface area is 117 Å². The van der Waals surface area contributed by atoms with Gasteiger partial charge < -0.3 is 5.32 Å². The van der Waals surface area contributed by atoms with Gasteiger partial charge in [0.15, 0.2) is 0 Å². The first kappa shape index (κ1) is 14.5. The van der Waals surface area contributed by atoms with Gasteiger partial charge in [-0.1, -0.05) is 19.1 Å². The number of anilines is 1. The quantitative estimate of drug-likeness (QED) is 0.710. The highest BCUT2D eigenvalue weighted by molar-refractivity contribution is 7.89. The van der Waals surface area contributed by atoms with E-state index in [4.69, 9.17) is 0 Å². The van der Waals surface area contributed by atoms with Crippen molar-refractivity contribution in [1.82, 2.24) is 19.9 Å². The summed E-state index contributed by atoms with van der Waals surface area (Å²) in [5.74, 6) is 0.465. The molecule has 8 heteroatoms. The predicted molar refractivity (Wildman–Crippen MR) is 75.6 cm³/mol. The van der Waals surface area contributed by atoms with Gasteiger partial charge in [0.1, 0.15) is 17.0 Å². The van der Waals surface area contributed by atoms with E-state index in [1.54, 1.807) is 24.3 Å². The summed E-state index contributed by atoms with van der Waals surface area (Å²) in [4.78, 5) is 4.11. The number of rotatable bonds is 7. The molecule has 3 N–H and O–H groups in total. The largest absolute Gasteiger partial charge is 0.384 e. The molecule has 1 aromatic carbocycles. The van der Waals surface area contributed by atoms with Gasteiger partial charge in [0.25, 0.3) is 0 Å². The smallest absolute Gasteiger partial charge is 0.243 e. The van der Waals surface area contributed by atoms with Gasteiger partial charge in [-0.05, 0) is 18.6 Å². The molecular formula is C12H17N5O2S. The molecule has 0 bridgehead atoms. The SMILES string of the molecule is CCCNc1ccccc1S(=O)(=O)NCc1ncn[nH]1. The van der Waals surface area contributed by atoms with Gasteiger partial charge in [-0.25, -0.2) is 18.1 Å². The summed E-state index contributed by atoms with van der Waals surface area (Å²) >= 11 is 0. The summed E-state index contributed by atoms with van der Waals surface area (Å²) in [5, 5.41) is 9.38. The van der Waals surface area contributed by atoms with E-state index in [-0.39, 0.29) is 11.4 Å². The van der Waals surface area contributed by atoms with Crippen LogP contribution in [0.25, 0.3) is 0 Å². The van der Waals surface area contributed by atoms with Crippen molar-refractivity contribution in [2.24, 2.45) is 0 Å². The third-order valence-corrected chi connectivity index (χ3v) is 4.10. The second-order valence-corrected chi connectivity index (χ2v) is 5.92. The van der Waals surface area contributed by atoms with Gasteiger partial charge in [-0.15, -0.1) is 0 Å². The molecule has 2 aromatic rings. The normalized spacial score (nSPS) is 11.4. The molecule has 1 aromatic heterocycles. The van der Waals surface area contributed by atoms with Crippen molar-refractivity contribution in [3.05, 3.63) is 36.4 Å². The molecule has 0 unspecified atom stereocenters. The van der Waals surface area contributed by atoms with Crippen LogP contribution in [0, 0.1) is 0 Å². The lowest BCUT2D eigenvalue weighted by Crippen LogP contribution is -2.25. The standard InChI is InChI=1S/C12H17N5O2S/c1-2-7-13-10-5-3-4-6-11(10)20(18,19)16-8-12-14-9-15-17-12/h3-6,9,13,16H,2,7-8H2,1H3,(H,14,15,17). The maximum atomic E-state index is 12.3. The van der Waals surface area contributed by atoms with E-state index in [0.29, 0.717) is 18.1 Å². The van der Waals surface area contributed by atoms with Crippen LogP contribution in [0.5, 0.6) is 0 Å². The van der Waals surface area contributed by atoms with E-state index >= 15 is 0 Å². The highest BCUT2D eigenvalue weighted by atomic mass is 32.2. The molecule has 0 radical (unpaired) electrons. The number of hydrogen-bond donors (Lipinski definition) is 3. The third kappa shape index (κ3) is 3.55. The molecule has 0 aliphatic rings. The second-order valence-electron chi connectivity index (χ2n) is 4.18.